The van der Waals surface area contributed by atoms with Gasteiger partial charge in [-0.15, -0.1) is 11.6 Å². The quantitative estimate of drug-likeness (QED) is 0.474. The van der Waals surface area contributed by atoms with E-state index in [0.717, 1.165) is 31.9 Å². The maximum Gasteiger partial charge on any atom is 0.0476 e. The Hall–Kier alpha value is 0.210. The molecule has 1 N–H and O–H groups in total. The van der Waals surface area contributed by atoms with Crippen molar-refractivity contribution < 1.29 is 4.74 Å². The third-order valence-electron chi connectivity index (χ3n) is 1.56. The minimum Gasteiger partial charge on any atom is -0.385 e. The standard InChI is InChI=1S/C8H18ClNO/c1-8(4-7-11-2)10-6-3-5-9/h8,10H,3-7H2,1-2H3. The molecule has 0 aromatic rings. The second kappa shape index (κ2) is 8.31. The molecule has 0 aliphatic rings. The molecule has 2 nitrogen and oxygen atoms in total. The van der Waals surface area contributed by atoms with Gasteiger partial charge in [0.05, 0.1) is 0 Å². The predicted octanol–water partition coefficient (Wildman–Crippen LogP) is 1.63. The second-order valence-electron chi connectivity index (χ2n) is 2.68. The first-order valence-electron chi connectivity index (χ1n) is 4.09. The van der Waals surface area contributed by atoms with Gasteiger partial charge in [0, 0.05) is 25.6 Å². The minimum absolute atomic E-state index is 0.540. The van der Waals surface area contributed by atoms with Crippen molar-refractivity contribution in [3.05, 3.63) is 0 Å². The number of nitrogens with one attached hydrogen (secondary N) is 1. The monoisotopic (exact) mass is 179 g/mol. The zero-order valence-electron chi connectivity index (χ0n) is 7.40. The van der Waals surface area contributed by atoms with Gasteiger partial charge >= 0.3 is 0 Å². The fourth-order valence-electron chi connectivity index (χ4n) is 0.812. The van der Waals surface area contributed by atoms with Crippen LogP contribution in [0.5, 0.6) is 0 Å². The van der Waals surface area contributed by atoms with Crippen molar-refractivity contribution in [3.63, 3.8) is 0 Å². The molecule has 0 fully saturated rings. The molecule has 1 unspecified atom stereocenters. The van der Waals surface area contributed by atoms with Gasteiger partial charge < -0.3 is 10.1 Å². The van der Waals surface area contributed by atoms with Crippen LogP contribution in [0.3, 0.4) is 0 Å². The van der Waals surface area contributed by atoms with E-state index < -0.39 is 0 Å². The molecule has 0 heterocycles. The highest BCUT2D eigenvalue weighted by Crippen LogP contribution is 1.91. The minimum atomic E-state index is 0.540. The summed E-state index contributed by atoms with van der Waals surface area (Å²) in [4.78, 5) is 0. The Morgan fingerprint density at radius 3 is 2.82 bits per heavy atom. The van der Waals surface area contributed by atoms with E-state index in [1.807, 2.05) is 0 Å². The predicted molar refractivity (Wildman–Crippen MR) is 49.3 cm³/mol. The van der Waals surface area contributed by atoms with Crippen LogP contribution in [-0.4, -0.2) is 32.2 Å². The van der Waals surface area contributed by atoms with Crippen LogP contribution in [0.1, 0.15) is 19.8 Å². The number of hydrogen-bond donors (Lipinski definition) is 1. The normalized spacial score (nSPS) is 13.4. The van der Waals surface area contributed by atoms with E-state index in [4.69, 9.17) is 16.3 Å². The van der Waals surface area contributed by atoms with Crippen molar-refractivity contribution >= 4 is 11.6 Å². The molecular weight excluding hydrogens is 162 g/mol. The lowest BCUT2D eigenvalue weighted by Gasteiger charge is -2.11. The number of hydrogen-bond acceptors (Lipinski definition) is 2. The lowest BCUT2D eigenvalue weighted by Crippen LogP contribution is -2.28. The number of rotatable bonds is 7. The van der Waals surface area contributed by atoms with Crippen molar-refractivity contribution in [2.24, 2.45) is 0 Å². The fourth-order valence-corrected chi connectivity index (χ4v) is 0.946. The highest BCUT2D eigenvalue weighted by Gasteiger charge is 1.98. The zero-order valence-corrected chi connectivity index (χ0v) is 8.16. The number of alkyl halides is 1. The fraction of sp³-hybridized carbons (Fsp3) is 1.00. The summed E-state index contributed by atoms with van der Waals surface area (Å²) >= 11 is 5.52. The summed E-state index contributed by atoms with van der Waals surface area (Å²) in [5.41, 5.74) is 0. The molecule has 0 aromatic carbocycles. The molecule has 0 radical (unpaired) electrons. The van der Waals surface area contributed by atoms with Gasteiger partial charge in [-0.25, -0.2) is 0 Å². The summed E-state index contributed by atoms with van der Waals surface area (Å²) in [6, 6.07) is 0.540. The Balaban J connectivity index is 3.02. The van der Waals surface area contributed by atoms with Crippen molar-refractivity contribution in [3.8, 4) is 0 Å². The Labute approximate surface area is 74.3 Å². The van der Waals surface area contributed by atoms with Crippen LogP contribution >= 0.6 is 11.6 Å². The third-order valence-corrected chi connectivity index (χ3v) is 1.83. The summed E-state index contributed by atoms with van der Waals surface area (Å²) in [5.74, 6) is 0.740. The molecule has 0 aliphatic carbocycles. The van der Waals surface area contributed by atoms with Crippen LogP contribution in [0.4, 0.5) is 0 Å². The Morgan fingerprint density at radius 2 is 2.27 bits per heavy atom. The van der Waals surface area contributed by atoms with E-state index in [2.05, 4.69) is 12.2 Å². The molecule has 0 rings (SSSR count). The molecule has 0 amide bonds. The topological polar surface area (TPSA) is 21.3 Å². The van der Waals surface area contributed by atoms with Gasteiger partial charge in [0.1, 0.15) is 0 Å². The van der Waals surface area contributed by atoms with Gasteiger partial charge in [-0.05, 0) is 26.3 Å². The van der Waals surface area contributed by atoms with Gasteiger partial charge in [-0.3, -0.25) is 0 Å². The maximum absolute atomic E-state index is 5.52. The van der Waals surface area contributed by atoms with Gasteiger partial charge in [0.15, 0.2) is 0 Å². The van der Waals surface area contributed by atoms with E-state index in [1.54, 1.807) is 7.11 Å². The lowest BCUT2D eigenvalue weighted by atomic mass is 10.2. The Bertz CT molecular complexity index is 80.5. The first kappa shape index (κ1) is 11.2. The first-order valence-corrected chi connectivity index (χ1v) is 4.63. The summed E-state index contributed by atoms with van der Waals surface area (Å²) < 4.78 is 4.95. The van der Waals surface area contributed by atoms with Crippen molar-refractivity contribution in [2.75, 3.05) is 26.1 Å². The lowest BCUT2D eigenvalue weighted by molar-refractivity contribution is 0.185. The molecule has 0 saturated heterocycles. The molecular formula is C8H18ClNO. The number of methoxy groups -OCH3 is 1. The molecule has 1 atom stereocenters. The van der Waals surface area contributed by atoms with Crippen LogP contribution in [0.2, 0.25) is 0 Å². The van der Waals surface area contributed by atoms with Gasteiger partial charge in [0.2, 0.25) is 0 Å². The van der Waals surface area contributed by atoms with E-state index in [1.165, 1.54) is 0 Å². The van der Waals surface area contributed by atoms with Gasteiger partial charge in [-0.1, -0.05) is 0 Å². The molecule has 68 valence electrons. The summed E-state index contributed by atoms with van der Waals surface area (Å²) in [5, 5.41) is 3.35. The average molecular weight is 180 g/mol. The van der Waals surface area contributed by atoms with Crippen molar-refractivity contribution in [1.29, 1.82) is 0 Å². The summed E-state index contributed by atoms with van der Waals surface area (Å²) in [7, 11) is 1.73. The Morgan fingerprint density at radius 1 is 1.55 bits per heavy atom. The van der Waals surface area contributed by atoms with Crippen LogP contribution < -0.4 is 5.32 Å². The molecule has 0 aliphatic heterocycles. The third kappa shape index (κ3) is 8.11. The highest BCUT2D eigenvalue weighted by atomic mass is 35.5. The SMILES string of the molecule is COCCC(C)NCCCCl. The van der Waals surface area contributed by atoms with E-state index >= 15 is 0 Å². The van der Waals surface area contributed by atoms with E-state index in [-0.39, 0.29) is 0 Å². The highest BCUT2D eigenvalue weighted by molar-refractivity contribution is 6.17. The molecule has 0 spiro atoms. The van der Waals surface area contributed by atoms with Crippen molar-refractivity contribution in [1.82, 2.24) is 5.32 Å². The van der Waals surface area contributed by atoms with Crippen molar-refractivity contribution in [2.45, 2.75) is 25.8 Å². The van der Waals surface area contributed by atoms with E-state index in [0.29, 0.717) is 6.04 Å². The molecule has 0 saturated carbocycles. The van der Waals surface area contributed by atoms with Gasteiger partial charge in [-0.2, -0.15) is 0 Å². The smallest absolute Gasteiger partial charge is 0.0476 e. The Kier molecular flexibility index (Phi) is 8.47. The summed E-state index contributed by atoms with van der Waals surface area (Å²) in [6.07, 6.45) is 2.11. The summed E-state index contributed by atoms with van der Waals surface area (Å²) in [6.45, 7) is 4.00. The molecule has 0 bridgehead atoms. The molecule has 11 heavy (non-hydrogen) atoms. The van der Waals surface area contributed by atoms with Crippen LogP contribution in [0.25, 0.3) is 0 Å². The zero-order chi connectivity index (χ0) is 8.53. The second-order valence-corrected chi connectivity index (χ2v) is 3.06. The maximum atomic E-state index is 5.52. The van der Waals surface area contributed by atoms with Crippen LogP contribution in [-0.2, 0) is 4.74 Å². The molecule has 3 heteroatoms. The van der Waals surface area contributed by atoms with E-state index in [9.17, 15) is 0 Å². The van der Waals surface area contributed by atoms with Crippen LogP contribution in [0.15, 0.2) is 0 Å². The number of ether oxygens (including phenoxy) is 1. The number of halogens is 1. The van der Waals surface area contributed by atoms with Crippen LogP contribution in [0, 0.1) is 0 Å². The van der Waals surface area contributed by atoms with Gasteiger partial charge in [0.25, 0.3) is 0 Å². The molecule has 0 aromatic heterocycles. The largest absolute Gasteiger partial charge is 0.385 e. The first-order chi connectivity index (χ1) is 5.31. The average Bonchev–Trinajstić information content (AvgIpc) is 2.01.